The molecule has 1 aliphatic carbocycles. The highest BCUT2D eigenvalue weighted by Crippen LogP contribution is 2.32. The quantitative estimate of drug-likeness (QED) is 0.469. The maximum atomic E-state index is 12.9. The fourth-order valence-corrected chi connectivity index (χ4v) is 3.07. The molecule has 0 atom stereocenters. The van der Waals surface area contributed by atoms with Gasteiger partial charge in [-0.05, 0) is 48.2 Å². The number of aliphatic hydroxyl groups excluding tert-OH is 1. The van der Waals surface area contributed by atoms with Crippen LogP contribution in [0.5, 0.6) is 5.75 Å². The molecule has 2 aromatic rings. The van der Waals surface area contributed by atoms with Gasteiger partial charge in [0.25, 0.3) is 11.8 Å². The van der Waals surface area contributed by atoms with Gasteiger partial charge in [-0.25, -0.2) is 0 Å². The van der Waals surface area contributed by atoms with Crippen LogP contribution in [0.25, 0.3) is 6.08 Å². The van der Waals surface area contributed by atoms with Gasteiger partial charge in [-0.1, -0.05) is 37.1 Å². The summed E-state index contributed by atoms with van der Waals surface area (Å²) in [6, 6.07) is 10.8. The molecule has 0 radical (unpaired) electrons. The maximum Gasteiger partial charge on any atom is 0.416 e. The Labute approximate surface area is 189 Å². The van der Waals surface area contributed by atoms with E-state index in [-0.39, 0.29) is 30.0 Å². The van der Waals surface area contributed by atoms with E-state index in [0.29, 0.717) is 18.3 Å². The lowest BCUT2D eigenvalue weighted by Crippen LogP contribution is -2.36. The third-order valence-electron chi connectivity index (χ3n) is 5.05. The SMILES string of the molecule is O=C(NCCO)/C(=C/c1ccc(C(F)(F)F)cc1)NC(=O)c1ccccc1OCCC1CC1. The van der Waals surface area contributed by atoms with Crippen molar-refractivity contribution >= 4 is 17.9 Å². The van der Waals surface area contributed by atoms with Gasteiger partial charge < -0.3 is 20.5 Å². The van der Waals surface area contributed by atoms with Crippen molar-refractivity contribution in [2.45, 2.75) is 25.4 Å². The molecule has 0 heterocycles. The number of benzene rings is 2. The average molecular weight is 462 g/mol. The van der Waals surface area contributed by atoms with E-state index in [1.807, 2.05) is 0 Å². The second kappa shape index (κ2) is 11.0. The van der Waals surface area contributed by atoms with Crippen molar-refractivity contribution in [3.63, 3.8) is 0 Å². The summed E-state index contributed by atoms with van der Waals surface area (Å²) in [4.78, 5) is 25.5. The van der Waals surface area contributed by atoms with E-state index in [2.05, 4.69) is 10.6 Å². The Morgan fingerprint density at radius 2 is 1.79 bits per heavy atom. The Morgan fingerprint density at radius 1 is 1.09 bits per heavy atom. The number of rotatable bonds is 10. The van der Waals surface area contributed by atoms with Crippen molar-refractivity contribution in [1.82, 2.24) is 10.6 Å². The Balaban J connectivity index is 1.79. The van der Waals surface area contributed by atoms with Gasteiger partial charge in [0.05, 0.1) is 24.3 Å². The molecule has 3 N–H and O–H groups in total. The molecule has 0 spiro atoms. The van der Waals surface area contributed by atoms with Crippen LogP contribution in [0.1, 0.15) is 40.7 Å². The first kappa shape index (κ1) is 24.3. The van der Waals surface area contributed by atoms with Gasteiger partial charge in [0.2, 0.25) is 0 Å². The highest BCUT2D eigenvalue weighted by Gasteiger charge is 2.30. The van der Waals surface area contributed by atoms with Crippen LogP contribution in [0.2, 0.25) is 0 Å². The van der Waals surface area contributed by atoms with Gasteiger partial charge in [-0.15, -0.1) is 0 Å². The molecule has 2 amide bonds. The molecule has 1 aliphatic rings. The minimum absolute atomic E-state index is 0.0556. The number of hydrogen-bond acceptors (Lipinski definition) is 4. The zero-order chi connectivity index (χ0) is 23.8. The molecule has 9 heteroatoms. The van der Waals surface area contributed by atoms with E-state index in [1.165, 1.54) is 31.1 Å². The van der Waals surface area contributed by atoms with E-state index in [4.69, 9.17) is 9.84 Å². The summed E-state index contributed by atoms with van der Waals surface area (Å²) in [5, 5.41) is 13.9. The lowest BCUT2D eigenvalue weighted by Gasteiger charge is -2.14. The summed E-state index contributed by atoms with van der Waals surface area (Å²) in [6.07, 6.45) is 0.0556. The first-order chi connectivity index (χ1) is 15.8. The third kappa shape index (κ3) is 7.35. The number of hydrogen-bond donors (Lipinski definition) is 3. The number of ether oxygens (including phenoxy) is 1. The van der Waals surface area contributed by atoms with Crippen molar-refractivity contribution in [2.24, 2.45) is 5.92 Å². The van der Waals surface area contributed by atoms with Crippen molar-refractivity contribution in [3.05, 3.63) is 70.9 Å². The van der Waals surface area contributed by atoms with Gasteiger partial charge in [0.15, 0.2) is 0 Å². The molecule has 176 valence electrons. The minimum atomic E-state index is -4.49. The second-order valence-electron chi connectivity index (χ2n) is 7.69. The number of amides is 2. The third-order valence-corrected chi connectivity index (χ3v) is 5.05. The van der Waals surface area contributed by atoms with E-state index >= 15 is 0 Å². The molecular formula is C24H25F3N2O4. The van der Waals surface area contributed by atoms with Crippen molar-refractivity contribution in [1.29, 1.82) is 0 Å². The Morgan fingerprint density at radius 3 is 2.42 bits per heavy atom. The summed E-state index contributed by atoms with van der Waals surface area (Å²) in [6.45, 7) is 0.102. The van der Waals surface area contributed by atoms with Crippen LogP contribution < -0.4 is 15.4 Å². The molecule has 33 heavy (non-hydrogen) atoms. The van der Waals surface area contributed by atoms with Crippen LogP contribution in [-0.4, -0.2) is 36.7 Å². The molecule has 0 unspecified atom stereocenters. The van der Waals surface area contributed by atoms with Crippen molar-refractivity contribution in [3.8, 4) is 5.75 Å². The number of carbonyl (C=O) groups is 2. The fourth-order valence-electron chi connectivity index (χ4n) is 3.07. The average Bonchev–Trinajstić information content (AvgIpc) is 3.61. The number of aliphatic hydroxyl groups is 1. The van der Waals surface area contributed by atoms with Crippen molar-refractivity contribution in [2.75, 3.05) is 19.8 Å². The van der Waals surface area contributed by atoms with Gasteiger partial charge in [-0.2, -0.15) is 13.2 Å². The highest BCUT2D eigenvalue weighted by molar-refractivity contribution is 6.06. The van der Waals surface area contributed by atoms with Crippen LogP contribution in [0.3, 0.4) is 0 Å². The van der Waals surface area contributed by atoms with Crippen LogP contribution >= 0.6 is 0 Å². The predicted octanol–water partition coefficient (Wildman–Crippen LogP) is 3.76. The van der Waals surface area contributed by atoms with Gasteiger partial charge in [0.1, 0.15) is 11.4 Å². The van der Waals surface area contributed by atoms with E-state index < -0.39 is 23.6 Å². The molecule has 3 rings (SSSR count). The Kier molecular flexibility index (Phi) is 8.11. The Hall–Kier alpha value is -3.33. The summed E-state index contributed by atoms with van der Waals surface area (Å²) >= 11 is 0. The van der Waals surface area contributed by atoms with Crippen LogP contribution in [-0.2, 0) is 11.0 Å². The molecule has 6 nitrogen and oxygen atoms in total. The zero-order valence-corrected chi connectivity index (χ0v) is 17.8. The summed E-state index contributed by atoms with van der Waals surface area (Å²) in [5.74, 6) is -0.251. The van der Waals surface area contributed by atoms with E-state index in [0.717, 1.165) is 18.6 Å². The summed E-state index contributed by atoms with van der Waals surface area (Å²) in [5.41, 5.74) is -0.499. The molecule has 0 aromatic heterocycles. The molecule has 0 aliphatic heterocycles. The minimum Gasteiger partial charge on any atom is -0.493 e. The maximum absolute atomic E-state index is 12.9. The molecule has 0 saturated heterocycles. The molecule has 1 saturated carbocycles. The number of halogens is 3. The number of nitrogens with one attached hydrogen (secondary N) is 2. The second-order valence-corrected chi connectivity index (χ2v) is 7.69. The smallest absolute Gasteiger partial charge is 0.416 e. The first-order valence-electron chi connectivity index (χ1n) is 10.6. The number of carbonyl (C=O) groups excluding carboxylic acids is 2. The number of para-hydroxylation sites is 1. The fraction of sp³-hybridized carbons (Fsp3) is 0.333. The highest BCUT2D eigenvalue weighted by atomic mass is 19.4. The first-order valence-corrected chi connectivity index (χ1v) is 10.6. The van der Waals surface area contributed by atoms with Crippen molar-refractivity contribution < 1.29 is 32.6 Å². The molecule has 1 fully saturated rings. The molecule has 2 aromatic carbocycles. The molecular weight excluding hydrogens is 437 g/mol. The van der Waals surface area contributed by atoms with E-state index in [1.54, 1.807) is 24.3 Å². The zero-order valence-electron chi connectivity index (χ0n) is 17.8. The Bertz CT molecular complexity index is 1000. The summed E-state index contributed by atoms with van der Waals surface area (Å²) < 4.78 is 44.2. The van der Waals surface area contributed by atoms with Gasteiger partial charge in [0, 0.05) is 6.54 Å². The van der Waals surface area contributed by atoms with Gasteiger partial charge in [-0.3, -0.25) is 9.59 Å². The molecule has 0 bridgehead atoms. The lowest BCUT2D eigenvalue weighted by molar-refractivity contribution is -0.137. The van der Waals surface area contributed by atoms with Gasteiger partial charge >= 0.3 is 6.18 Å². The standard InChI is InChI=1S/C24H25F3N2O4/c25-24(26,27)18-9-7-17(8-10-18)15-20(23(32)28-12-13-30)29-22(31)19-3-1-2-4-21(19)33-14-11-16-5-6-16/h1-4,7-10,15-16,30H,5-6,11-14H2,(H,28,32)(H,29,31)/b20-15-. The number of alkyl halides is 3. The largest absolute Gasteiger partial charge is 0.493 e. The summed E-state index contributed by atoms with van der Waals surface area (Å²) in [7, 11) is 0. The van der Waals surface area contributed by atoms with Crippen LogP contribution in [0.4, 0.5) is 13.2 Å². The monoisotopic (exact) mass is 462 g/mol. The normalized spacial score (nSPS) is 14.0. The van der Waals surface area contributed by atoms with Crippen LogP contribution in [0.15, 0.2) is 54.2 Å². The topological polar surface area (TPSA) is 87.7 Å². The van der Waals surface area contributed by atoms with E-state index in [9.17, 15) is 22.8 Å². The lowest BCUT2D eigenvalue weighted by atomic mass is 10.1. The predicted molar refractivity (Wildman–Crippen MR) is 116 cm³/mol. The van der Waals surface area contributed by atoms with Crippen LogP contribution in [0, 0.1) is 5.92 Å².